The predicted octanol–water partition coefficient (Wildman–Crippen LogP) is 3.47. The number of nitrogens with two attached hydrogens (primary N) is 1. The van der Waals surface area contributed by atoms with Gasteiger partial charge >= 0.3 is 0 Å². The summed E-state index contributed by atoms with van der Waals surface area (Å²) in [7, 11) is 0. The molecule has 2 fully saturated rings. The monoisotopic (exact) mass is 399 g/mol. The Morgan fingerprint density at radius 2 is 1.86 bits per heavy atom. The number of rotatable bonds is 5. The molecule has 2 saturated carbocycles. The Bertz CT molecular complexity index is 462. The van der Waals surface area contributed by atoms with E-state index in [1.165, 1.54) is 44.1 Å². The lowest BCUT2D eigenvalue weighted by atomic mass is 9.80. The van der Waals surface area contributed by atoms with Gasteiger partial charge in [0.25, 0.3) is 0 Å². The van der Waals surface area contributed by atoms with E-state index < -0.39 is 0 Å². The highest BCUT2D eigenvalue weighted by molar-refractivity contribution is 14.0. The third kappa shape index (κ3) is 4.87. The lowest BCUT2D eigenvalue weighted by Crippen LogP contribution is -2.35. The molecule has 0 bridgehead atoms. The lowest BCUT2D eigenvalue weighted by molar-refractivity contribution is 0.307. The van der Waals surface area contributed by atoms with Gasteiger partial charge in [0.15, 0.2) is 5.96 Å². The molecule has 0 atom stereocenters. The summed E-state index contributed by atoms with van der Waals surface area (Å²) in [6, 6.07) is 11.4. The number of nitrogens with one attached hydrogen (secondary N) is 1. The van der Waals surface area contributed by atoms with Crippen LogP contribution in [0.3, 0.4) is 0 Å². The van der Waals surface area contributed by atoms with E-state index in [9.17, 15) is 0 Å². The molecule has 0 aliphatic heterocycles. The molecule has 0 saturated heterocycles. The van der Waals surface area contributed by atoms with Gasteiger partial charge in [-0.3, -0.25) is 4.99 Å². The van der Waals surface area contributed by atoms with Gasteiger partial charge in [-0.15, -0.1) is 24.0 Å². The second-order valence-corrected chi connectivity index (χ2v) is 6.49. The van der Waals surface area contributed by atoms with E-state index in [4.69, 9.17) is 5.73 Å². The van der Waals surface area contributed by atoms with Crippen molar-refractivity contribution in [3.05, 3.63) is 35.9 Å². The summed E-state index contributed by atoms with van der Waals surface area (Å²) in [5, 5.41) is 3.29. The largest absolute Gasteiger partial charge is 0.370 e. The van der Waals surface area contributed by atoms with E-state index in [0.717, 1.165) is 13.0 Å². The average molecular weight is 399 g/mol. The number of aliphatic imine (C=N–C) groups is 1. The van der Waals surface area contributed by atoms with Crippen LogP contribution in [0.25, 0.3) is 0 Å². The average Bonchev–Trinajstić information content (AvgIpc) is 3.15. The van der Waals surface area contributed by atoms with Crippen LogP contribution in [0.5, 0.6) is 0 Å². The standard InChI is InChI=1S/C17H25N3.HI/c18-16(20-15-8-9-15)19-13-17(10-4-5-11-17)12-14-6-2-1-3-7-14;/h1-3,6-7,15H,4-5,8-13H2,(H3,18,19,20);1H. The molecule has 0 spiro atoms. The van der Waals surface area contributed by atoms with E-state index >= 15 is 0 Å². The smallest absolute Gasteiger partial charge is 0.188 e. The van der Waals surface area contributed by atoms with Crippen LogP contribution in [0.2, 0.25) is 0 Å². The molecule has 0 unspecified atom stereocenters. The molecular weight excluding hydrogens is 373 g/mol. The van der Waals surface area contributed by atoms with Crippen LogP contribution in [0.4, 0.5) is 0 Å². The lowest BCUT2D eigenvalue weighted by Gasteiger charge is -2.27. The number of guanidine groups is 1. The molecule has 2 aliphatic rings. The molecular formula is C17H26IN3. The van der Waals surface area contributed by atoms with Crippen molar-refractivity contribution in [2.75, 3.05) is 6.54 Å². The van der Waals surface area contributed by atoms with Crippen molar-refractivity contribution < 1.29 is 0 Å². The van der Waals surface area contributed by atoms with E-state index in [-0.39, 0.29) is 24.0 Å². The number of hydrogen-bond donors (Lipinski definition) is 2. The highest BCUT2D eigenvalue weighted by atomic mass is 127. The van der Waals surface area contributed by atoms with Crippen molar-refractivity contribution in [2.45, 2.75) is 51.0 Å². The Labute approximate surface area is 144 Å². The SMILES string of the molecule is I.NC(=NCC1(Cc2ccccc2)CCCC1)NC1CC1. The molecule has 3 nitrogen and oxygen atoms in total. The van der Waals surface area contributed by atoms with Crippen molar-refractivity contribution in [1.29, 1.82) is 0 Å². The van der Waals surface area contributed by atoms with Gasteiger partial charge in [0.1, 0.15) is 0 Å². The van der Waals surface area contributed by atoms with E-state index in [0.29, 0.717) is 17.4 Å². The molecule has 4 heteroatoms. The fourth-order valence-corrected chi connectivity index (χ4v) is 3.28. The van der Waals surface area contributed by atoms with Crippen molar-refractivity contribution in [1.82, 2.24) is 5.32 Å². The summed E-state index contributed by atoms with van der Waals surface area (Å²) in [5.41, 5.74) is 7.74. The van der Waals surface area contributed by atoms with Gasteiger partial charge < -0.3 is 11.1 Å². The van der Waals surface area contributed by atoms with Gasteiger partial charge in [0, 0.05) is 12.6 Å². The zero-order valence-corrected chi connectivity index (χ0v) is 14.9. The van der Waals surface area contributed by atoms with E-state index in [2.05, 4.69) is 40.6 Å². The summed E-state index contributed by atoms with van der Waals surface area (Å²) < 4.78 is 0. The van der Waals surface area contributed by atoms with Gasteiger partial charge in [-0.1, -0.05) is 43.2 Å². The second kappa shape index (κ2) is 7.47. The maximum atomic E-state index is 5.98. The zero-order chi connectivity index (χ0) is 13.8. The Morgan fingerprint density at radius 1 is 1.19 bits per heavy atom. The third-order valence-corrected chi connectivity index (χ3v) is 4.60. The van der Waals surface area contributed by atoms with Crippen LogP contribution in [-0.4, -0.2) is 18.5 Å². The van der Waals surface area contributed by atoms with Crippen LogP contribution in [0.15, 0.2) is 35.3 Å². The fourth-order valence-electron chi connectivity index (χ4n) is 3.28. The van der Waals surface area contributed by atoms with Gasteiger partial charge in [0.2, 0.25) is 0 Å². The van der Waals surface area contributed by atoms with E-state index in [1.54, 1.807) is 0 Å². The molecule has 3 N–H and O–H groups in total. The summed E-state index contributed by atoms with van der Waals surface area (Å²) in [4.78, 5) is 4.64. The molecule has 21 heavy (non-hydrogen) atoms. The van der Waals surface area contributed by atoms with Crippen LogP contribution in [-0.2, 0) is 6.42 Å². The van der Waals surface area contributed by atoms with Crippen LogP contribution < -0.4 is 11.1 Å². The van der Waals surface area contributed by atoms with Crippen molar-refractivity contribution in [2.24, 2.45) is 16.1 Å². The minimum absolute atomic E-state index is 0. The molecule has 1 aromatic rings. The zero-order valence-electron chi connectivity index (χ0n) is 12.6. The first kappa shape index (κ1) is 16.6. The first-order valence-corrected chi connectivity index (χ1v) is 7.86. The Kier molecular flexibility index (Phi) is 5.90. The molecule has 0 aromatic heterocycles. The van der Waals surface area contributed by atoms with E-state index in [1.807, 2.05) is 0 Å². The van der Waals surface area contributed by atoms with Gasteiger partial charge in [-0.2, -0.15) is 0 Å². The Hall–Kier alpha value is -0.780. The highest BCUT2D eigenvalue weighted by Gasteiger charge is 2.34. The van der Waals surface area contributed by atoms with Crippen LogP contribution >= 0.6 is 24.0 Å². The molecule has 0 heterocycles. The molecule has 0 amide bonds. The molecule has 2 aliphatic carbocycles. The van der Waals surface area contributed by atoms with Gasteiger partial charge in [-0.05, 0) is 43.1 Å². The maximum Gasteiger partial charge on any atom is 0.188 e. The summed E-state index contributed by atoms with van der Waals surface area (Å²) >= 11 is 0. The van der Waals surface area contributed by atoms with Crippen LogP contribution in [0, 0.1) is 5.41 Å². The first-order chi connectivity index (χ1) is 9.76. The van der Waals surface area contributed by atoms with Gasteiger partial charge in [0.05, 0.1) is 0 Å². The number of halogens is 1. The van der Waals surface area contributed by atoms with Crippen LogP contribution in [0.1, 0.15) is 44.1 Å². The molecule has 0 radical (unpaired) electrons. The molecule has 1 aromatic carbocycles. The number of nitrogens with zero attached hydrogens (tertiary/aromatic N) is 1. The minimum atomic E-state index is 0. The van der Waals surface area contributed by atoms with Crippen molar-refractivity contribution in [3.63, 3.8) is 0 Å². The predicted molar refractivity (Wildman–Crippen MR) is 99.1 cm³/mol. The third-order valence-electron chi connectivity index (χ3n) is 4.60. The normalized spacial score (nSPS) is 20.9. The molecule has 3 rings (SSSR count). The Balaban J connectivity index is 0.00000161. The summed E-state index contributed by atoms with van der Waals surface area (Å²) in [6.07, 6.45) is 8.84. The van der Waals surface area contributed by atoms with Crippen molar-refractivity contribution in [3.8, 4) is 0 Å². The summed E-state index contributed by atoms with van der Waals surface area (Å²) in [6.45, 7) is 0.868. The van der Waals surface area contributed by atoms with Gasteiger partial charge in [-0.25, -0.2) is 0 Å². The maximum absolute atomic E-state index is 5.98. The molecule has 116 valence electrons. The van der Waals surface area contributed by atoms with Crippen molar-refractivity contribution >= 4 is 29.9 Å². The number of benzene rings is 1. The first-order valence-electron chi connectivity index (χ1n) is 7.86. The summed E-state index contributed by atoms with van der Waals surface area (Å²) in [5.74, 6) is 0.645. The minimum Gasteiger partial charge on any atom is -0.370 e. The highest BCUT2D eigenvalue weighted by Crippen LogP contribution is 2.41. The fraction of sp³-hybridized carbons (Fsp3) is 0.588. The quantitative estimate of drug-likeness (QED) is 0.453. The topological polar surface area (TPSA) is 50.4 Å². The Morgan fingerprint density at radius 3 is 2.48 bits per heavy atom. The second-order valence-electron chi connectivity index (χ2n) is 6.49. The number of hydrogen-bond acceptors (Lipinski definition) is 1.